The summed E-state index contributed by atoms with van der Waals surface area (Å²) in [4.78, 5) is 21.9. The van der Waals surface area contributed by atoms with Crippen molar-refractivity contribution < 1.29 is 4.79 Å². The highest BCUT2D eigenvalue weighted by Gasteiger charge is 2.07. The molecule has 1 heterocycles. The standard InChI is InChI=1S/C19H16Cl2N4OS/c1-11-9-12(2)23-19(22-11)27-15-6-4-14(5-7-15)24-18(26)25-17-8-3-13(20)10-16(17)21/h3-10H,1-2H3,(H2,24,25,26). The van der Waals surface area contributed by atoms with Gasteiger partial charge in [-0.05, 0) is 74.1 Å². The van der Waals surface area contributed by atoms with Crippen LogP contribution in [0.25, 0.3) is 0 Å². The first kappa shape index (κ1) is 19.5. The van der Waals surface area contributed by atoms with Crippen LogP contribution in [-0.4, -0.2) is 16.0 Å². The van der Waals surface area contributed by atoms with E-state index >= 15 is 0 Å². The molecule has 2 N–H and O–H groups in total. The van der Waals surface area contributed by atoms with Gasteiger partial charge in [-0.2, -0.15) is 0 Å². The number of carbonyl (C=O) groups is 1. The number of rotatable bonds is 4. The van der Waals surface area contributed by atoms with E-state index in [0.29, 0.717) is 26.6 Å². The zero-order valence-corrected chi connectivity index (χ0v) is 16.9. The third kappa shape index (κ3) is 5.60. The second-order valence-corrected chi connectivity index (χ2v) is 7.65. The van der Waals surface area contributed by atoms with Gasteiger partial charge in [0.1, 0.15) is 0 Å². The number of carbonyl (C=O) groups excluding carboxylic acids is 1. The zero-order valence-electron chi connectivity index (χ0n) is 14.6. The molecule has 3 aromatic rings. The fraction of sp³-hybridized carbons (Fsp3) is 0.105. The van der Waals surface area contributed by atoms with Crippen LogP contribution >= 0.6 is 35.0 Å². The molecule has 0 aliphatic rings. The lowest BCUT2D eigenvalue weighted by atomic mass is 10.3. The molecule has 3 rings (SSSR count). The topological polar surface area (TPSA) is 66.9 Å². The molecule has 2 aromatic carbocycles. The second-order valence-electron chi connectivity index (χ2n) is 5.76. The first-order chi connectivity index (χ1) is 12.9. The monoisotopic (exact) mass is 418 g/mol. The summed E-state index contributed by atoms with van der Waals surface area (Å²) in [5.41, 5.74) is 3.00. The predicted molar refractivity (Wildman–Crippen MR) is 111 cm³/mol. The van der Waals surface area contributed by atoms with Gasteiger partial charge in [0.2, 0.25) is 0 Å². The Morgan fingerprint density at radius 2 is 1.59 bits per heavy atom. The van der Waals surface area contributed by atoms with Crippen molar-refractivity contribution in [3.05, 3.63) is 70.0 Å². The quantitative estimate of drug-likeness (QED) is 0.495. The summed E-state index contributed by atoms with van der Waals surface area (Å²) in [6.07, 6.45) is 0. The van der Waals surface area contributed by atoms with Crippen LogP contribution in [0.1, 0.15) is 11.4 Å². The van der Waals surface area contributed by atoms with Crippen LogP contribution < -0.4 is 10.6 Å². The average Bonchev–Trinajstić information content (AvgIpc) is 2.58. The van der Waals surface area contributed by atoms with E-state index in [1.165, 1.54) is 11.8 Å². The second kappa shape index (κ2) is 8.61. The van der Waals surface area contributed by atoms with Crippen LogP contribution in [0, 0.1) is 13.8 Å². The molecule has 5 nitrogen and oxygen atoms in total. The maximum absolute atomic E-state index is 12.1. The van der Waals surface area contributed by atoms with Crippen LogP contribution in [-0.2, 0) is 0 Å². The number of hydrogen-bond donors (Lipinski definition) is 2. The third-order valence-corrected chi connectivity index (χ3v) is 4.88. The normalized spacial score (nSPS) is 10.5. The highest BCUT2D eigenvalue weighted by molar-refractivity contribution is 7.99. The molecule has 0 aliphatic carbocycles. The van der Waals surface area contributed by atoms with Gasteiger partial charge in [0.15, 0.2) is 5.16 Å². The van der Waals surface area contributed by atoms with Crippen LogP contribution in [0.15, 0.2) is 58.6 Å². The zero-order chi connectivity index (χ0) is 19.4. The number of benzene rings is 2. The highest BCUT2D eigenvalue weighted by Crippen LogP contribution is 2.27. The molecule has 8 heteroatoms. The van der Waals surface area contributed by atoms with Crippen molar-refractivity contribution in [2.75, 3.05) is 10.6 Å². The fourth-order valence-corrected chi connectivity index (χ4v) is 3.64. The van der Waals surface area contributed by atoms with Crippen LogP contribution in [0.3, 0.4) is 0 Å². The fourth-order valence-electron chi connectivity index (χ4n) is 2.33. The molecule has 27 heavy (non-hydrogen) atoms. The average molecular weight is 419 g/mol. The van der Waals surface area contributed by atoms with Gasteiger partial charge in [-0.3, -0.25) is 0 Å². The SMILES string of the molecule is Cc1cc(C)nc(Sc2ccc(NC(=O)Nc3ccc(Cl)cc3Cl)cc2)n1. The van der Waals surface area contributed by atoms with E-state index < -0.39 is 6.03 Å². The number of amides is 2. The molecule has 0 fully saturated rings. The number of nitrogens with one attached hydrogen (secondary N) is 2. The van der Waals surface area contributed by atoms with Crippen LogP contribution in [0.5, 0.6) is 0 Å². The van der Waals surface area contributed by atoms with E-state index in [4.69, 9.17) is 23.2 Å². The van der Waals surface area contributed by atoms with Crippen LogP contribution in [0.4, 0.5) is 16.2 Å². The molecule has 0 spiro atoms. The van der Waals surface area contributed by atoms with E-state index in [2.05, 4.69) is 20.6 Å². The first-order valence-electron chi connectivity index (χ1n) is 8.02. The summed E-state index contributed by atoms with van der Waals surface area (Å²) in [7, 11) is 0. The van der Waals surface area contributed by atoms with Gasteiger partial charge in [-0.25, -0.2) is 14.8 Å². The Bertz CT molecular complexity index is 960. The lowest BCUT2D eigenvalue weighted by Crippen LogP contribution is -2.19. The molecular formula is C19H16Cl2N4OS. The molecule has 0 unspecified atom stereocenters. The first-order valence-corrected chi connectivity index (χ1v) is 9.59. The lowest BCUT2D eigenvalue weighted by molar-refractivity contribution is 0.262. The van der Waals surface area contributed by atoms with E-state index in [0.717, 1.165) is 16.3 Å². The molecule has 0 saturated heterocycles. The number of aryl methyl sites for hydroxylation is 2. The van der Waals surface area contributed by atoms with Gasteiger partial charge >= 0.3 is 6.03 Å². The summed E-state index contributed by atoms with van der Waals surface area (Å²) in [6, 6.07) is 13.8. The molecule has 0 saturated carbocycles. The van der Waals surface area contributed by atoms with E-state index in [9.17, 15) is 4.79 Å². The number of halogens is 2. The number of aromatic nitrogens is 2. The van der Waals surface area contributed by atoms with Crippen molar-refractivity contribution in [3.8, 4) is 0 Å². The van der Waals surface area contributed by atoms with Crippen molar-refractivity contribution in [3.63, 3.8) is 0 Å². The predicted octanol–water partition coefficient (Wildman–Crippen LogP) is 6.20. The minimum atomic E-state index is -0.391. The Balaban J connectivity index is 1.62. The lowest BCUT2D eigenvalue weighted by Gasteiger charge is -2.10. The molecule has 0 bridgehead atoms. The molecular weight excluding hydrogens is 403 g/mol. The summed E-state index contributed by atoms with van der Waals surface area (Å²) in [5, 5.41) is 7.02. The minimum Gasteiger partial charge on any atom is -0.308 e. The highest BCUT2D eigenvalue weighted by atomic mass is 35.5. The van der Waals surface area contributed by atoms with E-state index in [-0.39, 0.29) is 0 Å². The van der Waals surface area contributed by atoms with Crippen molar-refractivity contribution in [2.45, 2.75) is 23.9 Å². The number of anilines is 2. The van der Waals surface area contributed by atoms with Crippen molar-refractivity contribution >= 4 is 52.4 Å². The molecule has 138 valence electrons. The molecule has 1 aromatic heterocycles. The van der Waals surface area contributed by atoms with Gasteiger partial charge in [0, 0.05) is 27.0 Å². The Morgan fingerprint density at radius 1 is 0.926 bits per heavy atom. The third-order valence-electron chi connectivity index (χ3n) is 3.46. The maximum atomic E-state index is 12.1. The summed E-state index contributed by atoms with van der Waals surface area (Å²) in [6.45, 7) is 3.88. The summed E-state index contributed by atoms with van der Waals surface area (Å²) >= 11 is 13.4. The molecule has 2 amide bonds. The van der Waals surface area contributed by atoms with Gasteiger partial charge in [0.25, 0.3) is 0 Å². The Hall–Kier alpha value is -2.28. The summed E-state index contributed by atoms with van der Waals surface area (Å²) < 4.78 is 0. The smallest absolute Gasteiger partial charge is 0.308 e. The van der Waals surface area contributed by atoms with Gasteiger partial charge in [0.05, 0.1) is 10.7 Å². The van der Waals surface area contributed by atoms with E-state index in [1.807, 2.05) is 44.2 Å². The molecule has 0 aliphatic heterocycles. The minimum absolute atomic E-state index is 0.373. The number of nitrogens with zero attached hydrogens (tertiary/aromatic N) is 2. The number of urea groups is 1. The van der Waals surface area contributed by atoms with Crippen molar-refractivity contribution in [1.82, 2.24) is 9.97 Å². The molecule has 0 atom stereocenters. The number of hydrogen-bond acceptors (Lipinski definition) is 4. The maximum Gasteiger partial charge on any atom is 0.323 e. The van der Waals surface area contributed by atoms with Crippen molar-refractivity contribution in [1.29, 1.82) is 0 Å². The Kier molecular flexibility index (Phi) is 6.21. The van der Waals surface area contributed by atoms with Gasteiger partial charge in [-0.15, -0.1) is 0 Å². The van der Waals surface area contributed by atoms with Gasteiger partial charge in [-0.1, -0.05) is 23.2 Å². The van der Waals surface area contributed by atoms with E-state index in [1.54, 1.807) is 18.2 Å². The largest absolute Gasteiger partial charge is 0.323 e. The summed E-state index contributed by atoms with van der Waals surface area (Å²) in [5.74, 6) is 0. The molecule has 0 radical (unpaired) electrons. The van der Waals surface area contributed by atoms with Gasteiger partial charge < -0.3 is 10.6 Å². The Morgan fingerprint density at radius 3 is 2.22 bits per heavy atom. The van der Waals surface area contributed by atoms with Crippen molar-refractivity contribution in [2.24, 2.45) is 0 Å². The van der Waals surface area contributed by atoms with Crippen LogP contribution in [0.2, 0.25) is 10.0 Å². The Labute approximate surface area is 171 Å².